The molecule has 0 saturated heterocycles. The van der Waals surface area contributed by atoms with E-state index in [4.69, 9.17) is 15.2 Å². The number of aliphatic hydroxyl groups is 1. The van der Waals surface area contributed by atoms with Gasteiger partial charge in [0.05, 0.1) is 31.9 Å². The number of methoxy groups -OCH3 is 2. The van der Waals surface area contributed by atoms with Gasteiger partial charge < -0.3 is 24.9 Å². The molecule has 2 aromatic rings. The molecular formula is C14H21N3O3. The van der Waals surface area contributed by atoms with Crippen LogP contribution in [-0.4, -0.2) is 42.0 Å². The monoisotopic (exact) mass is 279 g/mol. The maximum Gasteiger partial charge on any atom is 0.163 e. The van der Waals surface area contributed by atoms with Crippen molar-refractivity contribution in [1.82, 2.24) is 9.55 Å². The van der Waals surface area contributed by atoms with Gasteiger partial charge in [0.25, 0.3) is 0 Å². The largest absolute Gasteiger partial charge is 0.493 e. The fourth-order valence-corrected chi connectivity index (χ4v) is 2.30. The Balaban J connectivity index is 2.54. The van der Waals surface area contributed by atoms with E-state index in [-0.39, 0.29) is 6.61 Å². The third-order valence-electron chi connectivity index (χ3n) is 3.26. The second kappa shape index (κ2) is 6.58. The molecule has 20 heavy (non-hydrogen) atoms. The number of aromatic nitrogens is 2. The molecule has 0 atom stereocenters. The Kier molecular flexibility index (Phi) is 4.81. The lowest BCUT2D eigenvalue weighted by Crippen LogP contribution is -2.09. The molecule has 0 spiro atoms. The molecule has 3 N–H and O–H groups in total. The predicted octanol–water partition coefficient (Wildman–Crippen LogP) is 0.937. The normalized spacial score (nSPS) is 11.0. The van der Waals surface area contributed by atoms with Crippen molar-refractivity contribution in [2.24, 2.45) is 5.73 Å². The number of rotatable bonds is 7. The first-order chi connectivity index (χ1) is 9.74. The number of nitrogens with zero attached hydrogens (tertiary/aromatic N) is 2. The van der Waals surface area contributed by atoms with Gasteiger partial charge in [0, 0.05) is 25.1 Å². The lowest BCUT2D eigenvalue weighted by atomic mass is 10.2. The van der Waals surface area contributed by atoms with E-state index in [0.29, 0.717) is 24.6 Å². The Bertz CT molecular complexity index is 581. The summed E-state index contributed by atoms with van der Waals surface area (Å²) in [6, 6.07) is 3.75. The van der Waals surface area contributed by atoms with Gasteiger partial charge in [0.1, 0.15) is 5.82 Å². The molecule has 2 rings (SSSR count). The van der Waals surface area contributed by atoms with Crippen LogP contribution in [0.5, 0.6) is 11.5 Å². The van der Waals surface area contributed by atoms with Crippen LogP contribution in [0.15, 0.2) is 12.1 Å². The molecule has 1 heterocycles. The summed E-state index contributed by atoms with van der Waals surface area (Å²) < 4.78 is 12.6. The summed E-state index contributed by atoms with van der Waals surface area (Å²) in [5, 5.41) is 9.25. The highest BCUT2D eigenvalue weighted by molar-refractivity contribution is 5.80. The van der Waals surface area contributed by atoms with Crippen molar-refractivity contribution in [1.29, 1.82) is 0 Å². The lowest BCUT2D eigenvalue weighted by Gasteiger charge is -2.09. The molecule has 1 aromatic heterocycles. The maximum absolute atomic E-state index is 9.25. The number of nitrogens with two attached hydrogens (primary N) is 1. The van der Waals surface area contributed by atoms with Crippen molar-refractivity contribution < 1.29 is 14.6 Å². The van der Waals surface area contributed by atoms with Crippen molar-refractivity contribution in [2.45, 2.75) is 19.4 Å². The van der Waals surface area contributed by atoms with E-state index in [1.54, 1.807) is 14.2 Å². The van der Waals surface area contributed by atoms with Crippen LogP contribution in [-0.2, 0) is 13.0 Å². The lowest BCUT2D eigenvalue weighted by molar-refractivity contribution is 0.276. The first kappa shape index (κ1) is 14.6. The highest BCUT2D eigenvalue weighted by Crippen LogP contribution is 2.32. The zero-order valence-corrected chi connectivity index (χ0v) is 11.9. The molecule has 0 aliphatic heterocycles. The first-order valence-corrected chi connectivity index (χ1v) is 6.67. The summed E-state index contributed by atoms with van der Waals surface area (Å²) >= 11 is 0. The fraction of sp³-hybridized carbons (Fsp3) is 0.500. The highest BCUT2D eigenvalue weighted by Gasteiger charge is 2.14. The average Bonchev–Trinajstić information content (AvgIpc) is 2.81. The summed E-state index contributed by atoms with van der Waals surface area (Å²) in [5.41, 5.74) is 7.33. The van der Waals surface area contributed by atoms with Gasteiger partial charge >= 0.3 is 0 Å². The van der Waals surface area contributed by atoms with Crippen molar-refractivity contribution in [3.63, 3.8) is 0 Å². The topological polar surface area (TPSA) is 82.5 Å². The van der Waals surface area contributed by atoms with Crippen molar-refractivity contribution in [3.8, 4) is 11.5 Å². The Morgan fingerprint density at radius 1 is 1.25 bits per heavy atom. The van der Waals surface area contributed by atoms with E-state index in [9.17, 15) is 5.11 Å². The molecule has 0 fully saturated rings. The van der Waals surface area contributed by atoms with Crippen LogP contribution in [0.25, 0.3) is 11.0 Å². The quantitative estimate of drug-likeness (QED) is 0.788. The highest BCUT2D eigenvalue weighted by atomic mass is 16.5. The smallest absolute Gasteiger partial charge is 0.163 e. The van der Waals surface area contributed by atoms with Gasteiger partial charge in [-0.15, -0.1) is 0 Å². The third kappa shape index (κ3) is 2.71. The van der Waals surface area contributed by atoms with Gasteiger partial charge in [-0.1, -0.05) is 0 Å². The number of hydrogen-bond acceptors (Lipinski definition) is 5. The molecule has 110 valence electrons. The van der Waals surface area contributed by atoms with Crippen molar-refractivity contribution in [3.05, 3.63) is 18.0 Å². The Morgan fingerprint density at radius 3 is 2.55 bits per heavy atom. The number of aryl methyl sites for hydroxylation is 1. The summed E-state index contributed by atoms with van der Waals surface area (Å²) in [6.45, 7) is 1.19. The SMILES string of the molecule is COc1cc2nc(CCCN)n(CCO)c2cc1OC. The molecule has 6 heteroatoms. The van der Waals surface area contributed by atoms with Gasteiger partial charge in [-0.2, -0.15) is 0 Å². The van der Waals surface area contributed by atoms with E-state index in [1.807, 2.05) is 16.7 Å². The van der Waals surface area contributed by atoms with E-state index in [1.165, 1.54) is 0 Å². The van der Waals surface area contributed by atoms with Crippen LogP contribution in [0.4, 0.5) is 0 Å². The Morgan fingerprint density at radius 2 is 1.95 bits per heavy atom. The van der Waals surface area contributed by atoms with E-state index >= 15 is 0 Å². The number of fused-ring (bicyclic) bond motifs is 1. The Hall–Kier alpha value is -1.79. The van der Waals surface area contributed by atoms with E-state index in [0.717, 1.165) is 29.7 Å². The van der Waals surface area contributed by atoms with E-state index < -0.39 is 0 Å². The molecule has 0 aliphatic rings. The van der Waals surface area contributed by atoms with Gasteiger partial charge in [-0.25, -0.2) is 4.98 Å². The second-order valence-electron chi connectivity index (χ2n) is 4.49. The van der Waals surface area contributed by atoms with Gasteiger partial charge in [-0.05, 0) is 13.0 Å². The minimum Gasteiger partial charge on any atom is -0.493 e. The minimum atomic E-state index is 0.0649. The second-order valence-corrected chi connectivity index (χ2v) is 4.49. The molecule has 0 bridgehead atoms. The summed E-state index contributed by atoms with van der Waals surface area (Å²) in [4.78, 5) is 4.61. The maximum atomic E-state index is 9.25. The molecule has 0 aliphatic carbocycles. The molecule has 0 amide bonds. The fourth-order valence-electron chi connectivity index (χ4n) is 2.30. The standard InChI is InChI=1S/C14H21N3O3/c1-19-12-8-10-11(9-13(12)20-2)17(6-7-18)14(16-10)4-3-5-15/h8-9,18H,3-7,15H2,1-2H3. The number of ether oxygens (including phenoxy) is 2. The average molecular weight is 279 g/mol. The zero-order chi connectivity index (χ0) is 14.5. The van der Waals surface area contributed by atoms with Crippen molar-refractivity contribution >= 4 is 11.0 Å². The molecule has 0 saturated carbocycles. The summed E-state index contributed by atoms with van der Waals surface area (Å²) in [6.07, 6.45) is 1.65. The molecule has 1 aromatic carbocycles. The number of benzene rings is 1. The van der Waals surface area contributed by atoms with Crippen molar-refractivity contribution in [2.75, 3.05) is 27.4 Å². The van der Waals surface area contributed by atoms with Crippen LogP contribution >= 0.6 is 0 Å². The third-order valence-corrected chi connectivity index (χ3v) is 3.26. The summed E-state index contributed by atoms with van der Waals surface area (Å²) in [5.74, 6) is 2.23. The van der Waals surface area contributed by atoms with Gasteiger partial charge in [0.15, 0.2) is 11.5 Å². The zero-order valence-electron chi connectivity index (χ0n) is 11.9. The molecular weight excluding hydrogens is 258 g/mol. The van der Waals surface area contributed by atoms with Gasteiger partial charge in [0.2, 0.25) is 0 Å². The minimum absolute atomic E-state index is 0.0649. The summed E-state index contributed by atoms with van der Waals surface area (Å²) in [7, 11) is 3.20. The van der Waals surface area contributed by atoms with E-state index in [2.05, 4.69) is 4.98 Å². The molecule has 0 unspecified atom stereocenters. The van der Waals surface area contributed by atoms with Gasteiger partial charge in [-0.3, -0.25) is 0 Å². The number of aliphatic hydroxyl groups excluding tert-OH is 1. The van der Waals surface area contributed by atoms with Crippen LogP contribution in [0.2, 0.25) is 0 Å². The number of imidazole rings is 1. The van der Waals surface area contributed by atoms with Crippen LogP contribution in [0.1, 0.15) is 12.2 Å². The first-order valence-electron chi connectivity index (χ1n) is 6.67. The van der Waals surface area contributed by atoms with Crippen LogP contribution in [0.3, 0.4) is 0 Å². The van der Waals surface area contributed by atoms with Crippen LogP contribution in [0, 0.1) is 0 Å². The van der Waals surface area contributed by atoms with Crippen LogP contribution < -0.4 is 15.2 Å². The molecule has 6 nitrogen and oxygen atoms in total. The predicted molar refractivity (Wildman–Crippen MR) is 77.3 cm³/mol. The Labute approximate surface area is 118 Å². The molecule has 0 radical (unpaired) electrons. The number of hydrogen-bond donors (Lipinski definition) is 2.